The van der Waals surface area contributed by atoms with Crippen molar-refractivity contribution in [2.45, 2.75) is 12.6 Å². The molecule has 0 bridgehead atoms. The number of hydrogen-bond acceptors (Lipinski definition) is 3. The van der Waals surface area contributed by atoms with Gasteiger partial charge in [0.15, 0.2) is 0 Å². The summed E-state index contributed by atoms with van der Waals surface area (Å²) in [6.45, 7) is 0.575. The van der Waals surface area contributed by atoms with Gasteiger partial charge in [-0.1, -0.05) is 35.3 Å². The van der Waals surface area contributed by atoms with E-state index in [2.05, 4.69) is 5.32 Å². The third kappa shape index (κ3) is 3.97. The Bertz CT molecular complexity index is 320. The number of nitrogens with one attached hydrogen (secondary N) is 1. The van der Waals surface area contributed by atoms with Crippen molar-refractivity contribution in [2.75, 3.05) is 13.2 Å². The van der Waals surface area contributed by atoms with Crippen LogP contribution in [-0.4, -0.2) is 29.5 Å². The summed E-state index contributed by atoms with van der Waals surface area (Å²) in [5.41, 5.74) is 0.870. The summed E-state index contributed by atoms with van der Waals surface area (Å²) < 4.78 is 0. The van der Waals surface area contributed by atoms with E-state index in [0.717, 1.165) is 5.56 Å². The predicted molar refractivity (Wildman–Crippen MR) is 61.3 cm³/mol. The van der Waals surface area contributed by atoms with Gasteiger partial charge in [0.1, 0.15) is 0 Å². The normalized spacial score (nSPS) is 12.8. The number of benzene rings is 1. The lowest BCUT2D eigenvalue weighted by molar-refractivity contribution is 0.0942. The van der Waals surface area contributed by atoms with Crippen molar-refractivity contribution in [1.82, 2.24) is 5.32 Å². The van der Waals surface area contributed by atoms with E-state index in [1.54, 1.807) is 6.07 Å². The van der Waals surface area contributed by atoms with Gasteiger partial charge in [0.05, 0.1) is 22.8 Å². The van der Waals surface area contributed by atoms with E-state index in [4.69, 9.17) is 33.4 Å². The van der Waals surface area contributed by atoms with Gasteiger partial charge in [0.25, 0.3) is 0 Å². The molecule has 0 amide bonds. The Balaban J connectivity index is 2.47. The Hall–Kier alpha value is -0.320. The molecule has 3 N–H and O–H groups in total. The quantitative estimate of drug-likeness (QED) is 0.741. The van der Waals surface area contributed by atoms with Crippen LogP contribution < -0.4 is 5.32 Å². The lowest BCUT2D eigenvalue weighted by Gasteiger charge is -2.10. The molecule has 0 fully saturated rings. The molecular formula is C10H13Cl2NO2. The van der Waals surface area contributed by atoms with Crippen LogP contribution in [0.5, 0.6) is 0 Å². The Morgan fingerprint density at radius 2 is 2.07 bits per heavy atom. The number of rotatable bonds is 5. The zero-order chi connectivity index (χ0) is 11.3. The standard InChI is InChI=1S/C10H13Cl2NO2/c11-9-3-1-2-7(10(9)12)4-13-5-8(15)6-14/h1-3,8,13-15H,4-6H2. The van der Waals surface area contributed by atoms with Crippen LogP contribution in [0.2, 0.25) is 10.0 Å². The zero-order valence-electron chi connectivity index (χ0n) is 8.08. The monoisotopic (exact) mass is 249 g/mol. The minimum Gasteiger partial charge on any atom is -0.394 e. The van der Waals surface area contributed by atoms with Crippen molar-refractivity contribution in [3.8, 4) is 0 Å². The summed E-state index contributed by atoms with van der Waals surface area (Å²) in [6.07, 6.45) is -0.747. The maximum Gasteiger partial charge on any atom is 0.0895 e. The van der Waals surface area contributed by atoms with E-state index in [1.807, 2.05) is 12.1 Å². The van der Waals surface area contributed by atoms with Gasteiger partial charge in [-0.2, -0.15) is 0 Å². The smallest absolute Gasteiger partial charge is 0.0895 e. The summed E-state index contributed by atoms with van der Waals surface area (Å²) in [4.78, 5) is 0. The fourth-order valence-electron chi connectivity index (χ4n) is 1.12. The van der Waals surface area contributed by atoms with Crippen molar-refractivity contribution in [3.05, 3.63) is 33.8 Å². The van der Waals surface area contributed by atoms with E-state index in [0.29, 0.717) is 23.1 Å². The molecule has 0 aliphatic heterocycles. The minimum atomic E-state index is -0.747. The molecule has 0 aromatic heterocycles. The molecule has 0 saturated carbocycles. The summed E-state index contributed by atoms with van der Waals surface area (Å²) in [6, 6.07) is 5.39. The molecule has 0 spiro atoms. The van der Waals surface area contributed by atoms with Crippen LogP contribution >= 0.6 is 23.2 Å². The first-order valence-corrected chi connectivity index (χ1v) is 5.33. The Morgan fingerprint density at radius 3 is 2.73 bits per heavy atom. The van der Waals surface area contributed by atoms with Crippen LogP contribution in [0.25, 0.3) is 0 Å². The first kappa shape index (κ1) is 12.7. The van der Waals surface area contributed by atoms with Gasteiger partial charge in [-0.25, -0.2) is 0 Å². The van der Waals surface area contributed by atoms with E-state index in [9.17, 15) is 0 Å². The molecule has 0 saturated heterocycles. The molecule has 0 heterocycles. The maximum absolute atomic E-state index is 9.09. The topological polar surface area (TPSA) is 52.5 Å². The third-order valence-corrected chi connectivity index (χ3v) is 2.80. The average molecular weight is 250 g/mol. The summed E-state index contributed by atoms with van der Waals surface area (Å²) in [7, 11) is 0. The highest BCUT2D eigenvalue weighted by atomic mass is 35.5. The van der Waals surface area contributed by atoms with Crippen molar-refractivity contribution in [3.63, 3.8) is 0 Å². The largest absolute Gasteiger partial charge is 0.394 e. The van der Waals surface area contributed by atoms with Crippen molar-refractivity contribution in [1.29, 1.82) is 0 Å². The molecule has 0 aliphatic carbocycles. The fraction of sp³-hybridized carbons (Fsp3) is 0.400. The molecule has 0 radical (unpaired) electrons. The van der Waals surface area contributed by atoms with Gasteiger partial charge in [-0.15, -0.1) is 0 Å². The number of hydrogen-bond donors (Lipinski definition) is 3. The van der Waals surface area contributed by atoms with Crippen LogP contribution in [0.1, 0.15) is 5.56 Å². The molecule has 0 aliphatic rings. The second-order valence-corrected chi connectivity index (χ2v) is 3.97. The van der Waals surface area contributed by atoms with Gasteiger partial charge < -0.3 is 15.5 Å². The zero-order valence-corrected chi connectivity index (χ0v) is 9.59. The summed E-state index contributed by atoms with van der Waals surface area (Å²) in [5.74, 6) is 0. The predicted octanol–water partition coefficient (Wildman–Crippen LogP) is 1.44. The van der Waals surface area contributed by atoms with E-state index in [1.165, 1.54) is 0 Å². The SMILES string of the molecule is OCC(O)CNCc1cccc(Cl)c1Cl. The molecule has 1 atom stereocenters. The highest BCUT2D eigenvalue weighted by molar-refractivity contribution is 6.42. The number of aliphatic hydroxyl groups excluding tert-OH is 2. The maximum atomic E-state index is 9.09. The Labute approximate surface area is 98.6 Å². The minimum absolute atomic E-state index is 0.254. The highest BCUT2D eigenvalue weighted by Crippen LogP contribution is 2.25. The lowest BCUT2D eigenvalue weighted by atomic mass is 10.2. The van der Waals surface area contributed by atoms with Crippen molar-refractivity contribution in [2.24, 2.45) is 0 Å². The van der Waals surface area contributed by atoms with Gasteiger partial charge >= 0.3 is 0 Å². The van der Waals surface area contributed by atoms with E-state index in [-0.39, 0.29) is 6.61 Å². The molecule has 5 heteroatoms. The fourth-order valence-corrected chi connectivity index (χ4v) is 1.51. The van der Waals surface area contributed by atoms with Gasteiger partial charge in [-0.3, -0.25) is 0 Å². The van der Waals surface area contributed by atoms with E-state index < -0.39 is 6.10 Å². The van der Waals surface area contributed by atoms with Crippen LogP contribution in [0.4, 0.5) is 0 Å². The lowest BCUT2D eigenvalue weighted by Crippen LogP contribution is -2.29. The summed E-state index contributed by atoms with van der Waals surface area (Å²) in [5, 5.41) is 21.7. The molecule has 1 aromatic rings. The Kier molecular flexibility index (Phi) is 5.36. The van der Waals surface area contributed by atoms with Gasteiger partial charge in [-0.05, 0) is 11.6 Å². The number of aliphatic hydroxyl groups is 2. The second-order valence-electron chi connectivity index (χ2n) is 3.18. The van der Waals surface area contributed by atoms with Crippen molar-refractivity contribution >= 4 is 23.2 Å². The molecule has 1 aromatic carbocycles. The van der Waals surface area contributed by atoms with Crippen molar-refractivity contribution < 1.29 is 10.2 Å². The van der Waals surface area contributed by atoms with Crippen LogP contribution in [-0.2, 0) is 6.54 Å². The van der Waals surface area contributed by atoms with Crippen LogP contribution in [0, 0.1) is 0 Å². The molecule has 1 unspecified atom stereocenters. The van der Waals surface area contributed by atoms with Gasteiger partial charge in [0.2, 0.25) is 0 Å². The molecule has 3 nitrogen and oxygen atoms in total. The second kappa shape index (κ2) is 6.30. The molecular weight excluding hydrogens is 237 g/mol. The van der Waals surface area contributed by atoms with E-state index >= 15 is 0 Å². The summed E-state index contributed by atoms with van der Waals surface area (Å²) >= 11 is 11.8. The van der Waals surface area contributed by atoms with Gasteiger partial charge in [0, 0.05) is 13.1 Å². The third-order valence-electron chi connectivity index (χ3n) is 1.94. The molecule has 84 valence electrons. The van der Waals surface area contributed by atoms with Crippen LogP contribution in [0.3, 0.4) is 0 Å². The number of halogens is 2. The average Bonchev–Trinajstić information content (AvgIpc) is 2.24. The van der Waals surface area contributed by atoms with Crippen LogP contribution in [0.15, 0.2) is 18.2 Å². The first-order valence-electron chi connectivity index (χ1n) is 4.57. The molecule has 1 rings (SSSR count). The molecule has 15 heavy (non-hydrogen) atoms. The Morgan fingerprint density at radius 1 is 1.33 bits per heavy atom. The first-order chi connectivity index (χ1) is 7.15. The highest BCUT2D eigenvalue weighted by Gasteiger charge is 2.05.